The Balaban J connectivity index is 1.46. The van der Waals surface area contributed by atoms with Gasteiger partial charge in [-0.15, -0.1) is 0 Å². The summed E-state index contributed by atoms with van der Waals surface area (Å²) in [5, 5.41) is 21.0. The summed E-state index contributed by atoms with van der Waals surface area (Å²) in [6, 6.07) is 49.8. The number of benzene rings is 6. The number of phenols is 2. The van der Waals surface area contributed by atoms with Crippen molar-refractivity contribution in [2.45, 2.75) is 0 Å². The van der Waals surface area contributed by atoms with Gasteiger partial charge in [0.05, 0.1) is 0 Å². The van der Waals surface area contributed by atoms with Gasteiger partial charge < -0.3 is 0 Å². The van der Waals surface area contributed by atoms with Gasteiger partial charge >= 0.3 is 292 Å². The molecule has 0 amide bonds. The van der Waals surface area contributed by atoms with Gasteiger partial charge in [-0.05, 0) is 0 Å². The van der Waals surface area contributed by atoms with Gasteiger partial charge in [0, 0.05) is 0 Å². The van der Waals surface area contributed by atoms with Crippen LogP contribution in [0.3, 0.4) is 0 Å². The third kappa shape index (κ3) is 8.36. The molecule has 0 unspecified atom stereocenters. The standard InChI is InChI=1S/C36H36N3O8P3/c40-29-26-30(41)28-36(27-29)47-50(46-35-24-14-5-15-25-35)38-48(42-31-16-6-1-7-17-31,43-32-18-8-2-9-19-32)37-49(39-50,44-33-20-10-3-11-21-33)45-34-22-12-4-13-23-34/h1-28,37-41,48-50H. The fraction of sp³-hybridized carbons (Fsp3) is 0. The van der Waals surface area contributed by atoms with Crippen LogP contribution < -0.4 is 41.7 Å². The molecule has 0 bridgehead atoms. The van der Waals surface area contributed by atoms with E-state index in [1.54, 1.807) is 12.1 Å². The fourth-order valence-electron chi connectivity index (χ4n) is 5.18. The van der Waals surface area contributed by atoms with Crippen molar-refractivity contribution in [3.8, 4) is 46.0 Å². The van der Waals surface area contributed by atoms with Gasteiger partial charge in [0.2, 0.25) is 0 Å². The molecule has 0 aliphatic carbocycles. The molecular weight excluding hydrogens is 695 g/mol. The Morgan fingerprint density at radius 3 is 0.760 bits per heavy atom. The Bertz CT molecular complexity index is 1790. The quantitative estimate of drug-likeness (QED) is 0.0774. The first kappa shape index (κ1) is 33.4. The average Bonchev–Trinajstić information content (AvgIpc) is 3.09. The minimum absolute atomic E-state index is 0.0941. The molecule has 6 aromatic carbocycles. The van der Waals surface area contributed by atoms with Crippen LogP contribution in [0.2, 0.25) is 0 Å². The van der Waals surface area contributed by atoms with E-state index in [0.717, 1.165) is 0 Å². The van der Waals surface area contributed by atoms with E-state index in [0.29, 0.717) is 28.7 Å². The molecule has 1 aliphatic rings. The Morgan fingerprint density at radius 1 is 0.300 bits per heavy atom. The number of rotatable bonds is 12. The number of nitrogens with one attached hydrogen (secondary N) is 3. The molecule has 14 heteroatoms. The second kappa shape index (κ2) is 14.8. The van der Waals surface area contributed by atoms with Crippen molar-refractivity contribution in [2.75, 3.05) is 0 Å². The van der Waals surface area contributed by atoms with Crippen molar-refractivity contribution in [3.63, 3.8) is 0 Å². The molecule has 0 atom stereocenters. The van der Waals surface area contributed by atoms with Gasteiger partial charge in [-0.25, -0.2) is 0 Å². The molecule has 1 heterocycles. The summed E-state index contributed by atoms with van der Waals surface area (Å²) in [6.07, 6.45) is 0. The topological polar surface area (TPSA) is 132 Å². The van der Waals surface area contributed by atoms with E-state index in [1.807, 2.05) is 140 Å². The Labute approximate surface area is 291 Å². The number of phenolic OH excluding ortho intramolecular Hbond substituents is 2. The van der Waals surface area contributed by atoms with Crippen LogP contribution in [0.5, 0.6) is 46.0 Å². The van der Waals surface area contributed by atoms with Crippen LogP contribution in [0.1, 0.15) is 0 Å². The van der Waals surface area contributed by atoms with E-state index in [-0.39, 0.29) is 17.2 Å². The van der Waals surface area contributed by atoms with E-state index < -0.39 is 24.1 Å². The molecule has 258 valence electrons. The van der Waals surface area contributed by atoms with Crippen LogP contribution in [0, 0.1) is 0 Å². The zero-order valence-electron chi connectivity index (χ0n) is 26.5. The SMILES string of the molecule is Oc1cc(O)cc(O[PH]2(Oc3ccccc3)N[PH](Oc3ccccc3)(Oc3ccccc3)N[PH](Oc3ccccc3)(Oc3ccccc3)N2)c1. The van der Waals surface area contributed by atoms with E-state index >= 15 is 0 Å². The molecule has 11 nitrogen and oxygen atoms in total. The van der Waals surface area contributed by atoms with Gasteiger partial charge in [-0.2, -0.15) is 0 Å². The number of para-hydroxylation sites is 5. The minimum atomic E-state index is -4.26. The van der Waals surface area contributed by atoms with Gasteiger partial charge in [0.1, 0.15) is 0 Å². The Hall–Kier alpha value is -5.11. The molecule has 1 aliphatic heterocycles. The predicted molar refractivity (Wildman–Crippen MR) is 200 cm³/mol. The van der Waals surface area contributed by atoms with Crippen LogP contribution in [0.4, 0.5) is 0 Å². The molecule has 7 rings (SSSR count). The maximum absolute atomic E-state index is 10.5. The fourth-order valence-corrected chi connectivity index (χ4v) is 18.2. The van der Waals surface area contributed by atoms with Crippen LogP contribution in [0.25, 0.3) is 0 Å². The normalized spacial score (nSPS) is 17.5. The predicted octanol–water partition coefficient (Wildman–Crippen LogP) is 8.88. The van der Waals surface area contributed by atoms with Gasteiger partial charge in [0.25, 0.3) is 0 Å². The van der Waals surface area contributed by atoms with Crippen LogP contribution in [0.15, 0.2) is 170 Å². The van der Waals surface area contributed by atoms with Gasteiger partial charge in [0.15, 0.2) is 0 Å². The van der Waals surface area contributed by atoms with Crippen molar-refractivity contribution in [1.29, 1.82) is 0 Å². The van der Waals surface area contributed by atoms with Crippen molar-refractivity contribution < 1.29 is 37.4 Å². The summed E-state index contributed by atoms with van der Waals surface area (Å²) in [6.45, 7) is 0. The number of hydrogen-bond acceptors (Lipinski definition) is 11. The summed E-state index contributed by atoms with van der Waals surface area (Å²) in [4.78, 5) is 10.6. The molecule has 0 saturated carbocycles. The molecule has 6 aromatic rings. The zero-order chi connectivity index (χ0) is 34.3. The molecule has 0 spiro atoms. The maximum atomic E-state index is 10.5. The summed E-state index contributed by atoms with van der Waals surface area (Å²) >= 11 is 0. The first-order chi connectivity index (χ1) is 24.4. The monoisotopic (exact) mass is 731 g/mol. The van der Waals surface area contributed by atoms with Crippen LogP contribution in [-0.4, -0.2) is 10.2 Å². The molecule has 0 radical (unpaired) electrons. The second-order valence-electron chi connectivity index (χ2n) is 11.1. The molecule has 0 aromatic heterocycles. The third-order valence-corrected chi connectivity index (χ3v) is 18.2. The summed E-state index contributed by atoms with van der Waals surface area (Å²) in [5.41, 5.74) is 0. The Kier molecular flexibility index (Phi) is 9.88. The summed E-state index contributed by atoms with van der Waals surface area (Å²) in [7, 11) is -12.5. The van der Waals surface area contributed by atoms with Crippen molar-refractivity contribution in [1.82, 2.24) is 14.6 Å². The molecule has 5 N–H and O–H groups in total. The summed E-state index contributed by atoms with van der Waals surface area (Å²) in [5.74, 6) is 2.04. The third-order valence-electron chi connectivity index (χ3n) is 7.15. The van der Waals surface area contributed by atoms with Crippen LogP contribution in [-0.2, 0) is 0 Å². The van der Waals surface area contributed by atoms with E-state index in [9.17, 15) is 10.2 Å². The van der Waals surface area contributed by atoms with E-state index in [1.165, 1.54) is 18.2 Å². The van der Waals surface area contributed by atoms with Crippen molar-refractivity contribution in [2.24, 2.45) is 0 Å². The molecule has 1 saturated heterocycles. The molecule has 1 fully saturated rings. The second-order valence-corrected chi connectivity index (χ2v) is 19.0. The van der Waals surface area contributed by atoms with E-state index in [4.69, 9.17) is 27.1 Å². The van der Waals surface area contributed by atoms with Crippen LogP contribution >= 0.6 is 24.1 Å². The average molecular weight is 732 g/mol. The van der Waals surface area contributed by atoms with Gasteiger partial charge in [-0.3, -0.25) is 0 Å². The Morgan fingerprint density at radius 2 is 0.520 bits per heavy atom. The van der Waals surface area contributed by atoms with Gasteiger partial charge in [-0.1, -0.05) is 0 Å². The first-order valence-corrected chi connectivity index (χ1v) is 21.1. The van der Waals surface area contributed by atoms with Crippen molar-refractivity contribution in [3.05, 3.63) is 170 Å². The molecular formula is C36H36N3O8P3. The number of hydrogen-bond donors (Lipinski definition) is 5. The van der Waals surface area contributed by atoms with Crippen molar-refractivity contribution >= 4 is 24.1 Å². The first-order valence-electron chi connectivity index (χ1n) is 15.7. The molecule has 50 heavy (non-hydrogen) atoms. The number of aromatic hydroxyl groups is 2. The summed E-state index contributed by atoms with van der Waals surface area (Å²) < 4.78 is 41.0. The zero-order valence-corrected chi connectivity index (χ0v) is 29.5. The van der Waals surface area contributed by atoms with E-state index in [2.05, 4.69) is 14.6 Å².